The maximum atomic E-state index is 13.1. The molecule has 0 aromatic heterocycles. The van der Waals surface area contributed by atoms with Crippen LogP contribution in [0.2, 0.25) is 0 Å². The molecule has 0 aromatic carbocycles. The van der Waals surface area contributed by atoms with Crippen molar-refractivity contribution in [3.05, 3.63) is 23.2 Å². The molecule has 0 amide bonds. The largest absolute Gasteiger partial charge is 0.456 e. The van der Waals surface area contributed by atoms with Crippen molar-refractivity contribution < 1.29 is 31.4 Å². The number of hydrogen-bond acceptors (Lipinski definition) is 2. The summed E-state index contributed by atoms with van der Waals surface area (Å²) in [6, 6.07) is 0. The van der Waals surface area contributed by atoms with E-state index in [9.17, 15) is 22.0 Å². The molecule has 0 N–H and O–H groups in total. The molecule has 90 valence electrons. The van der Waals surface area contributed by atoms with Crippen molar-refractivity contribution in [3.8, 4) is 0 Å². The molecule has 1 saturated heterocycles. The number of halogens is 5. The summed E-state index contributed by atoms with van der Waals surface area (Å²) < 4.78 is 73.6. The van der Waals surface area contributed by atoms with Crippen molar-refractivity contribution in [2.24, 2.45) is 0 Å². The Labute approximate surface area is 87.3 Å². The Balaban J connectivity index is 2.26. The summed E-state index contributed by atoms with van der Waals surface area (Å²) in [6.07, 6.45) is -7.23. The molecular weight excluding hydrogens is 235 g/mol. The average Bonchev–Trinajstić information content (AvgIpc) is 2.95. The van der Waals surface area contributed by atoms with Gasteiger partial charge in [0.15, 0.2) is 29.8 Å². The van der Waals surface area contributed by atoms with Crippen LogP contribution in [0, 0.1) is 0 Å². The van der Waals surface area contributed by atoms with Gasteiger partial charge < -0.3 is 9.47 Å². The molecule has 4 atom stereocenters. The zero-order valence-corrected chi connectivity index (χ0v) is 8.02. The van der Waals surface area contributed by atoms with E-state index in [1.165, 1.54) is 6.92 Å². The Morgan fingerprint density at radius 3 is 2.06 bits per heavy atom. The lowest BCUT2D eigenvalue weighted by atomic mass is 10.1. The first-order valence-corrected chi connectivity index (χ1v) is 4.49. The van der Waals surface area contributed by atoms with Crippen molar-refractivity contribution in [1.29, 1.82) is 0 Å². The molecule has 0 saturated carbocycles. The van der Waals surface area contributed by atoms with E-state index >= 15 is 0 Å². The van der Waals surface area contributed by atoms with Crippen molar-refractivity contribution in [2.75, 3.05) is 0 Å². The maximum absolute atomic E-state index is 13.1. The quantitative estimate of drug-likeness (QED) is 0.548. The molecule has 16 heavy (non-hydrogen) atoms. The Hall–Kier alpha value is -1.11. The Morgan fingerprint density at radius 2 is 1.56 bits per heavy atom. The van der Waals surface area contributed by atoms with Gasteiger partial charge in [0.1, 0.15) is 6.10 Å². The summed E-state index contributed by atoms with van der Waals surface area (Å²) in [5.74, 6) is -6.92. The average molecular weight is 242 g/mol. The lowest BCUT2D eigenvalue weighted by Crippen LogP contribution is -2.26. The van der Waals surface area contributed by atoms with Gasteiger partial charge in [0, 0.05) is 0 Å². The van der Waals surface area contributed by atoms with E-state index in [-0.39, 0.29) is 0 Å². The molecule has 1 fully saturated rings. The third kappa shape index (κ3) is 1.68. The highest BCUT2D eigenvalue weighted by Gasteiger charge is 2.45. The van der Waals surface area contributed by atoms with Gasteiger partial charge in [0.25, 0.3) is 0 Å². The van der Waals surface area contributed by atoms with Crippen LogP contribution in [-0.4, -0.2) is 24.7 Å². The van der Waals surface area contributed by atoms with E-state index < -0.39 is 48.0 Å². The van der Waals surface area contributed by atoms with Gasteiger partial charge in [-0.3, -0.25) is 0 Å². The lowest BCUT2D eigenvalue weighted by molar-refractivity contribution is 0.0777. The normalized spacial score (nSPS) is 39.1. The third-order valence-corrected chi connectivity index (χ3v) is 2.26. The van der Waals surface area contributed by atoms with Gasteiger partial charge in [-0.2, -0.15) is 4.39 Å². The van der Waals surface area contributed by atoms with Gasteiger partial charge >= 0.3 is 0 Å². The van der Waals surface area contributed by atoms with E-state index in [1.54, 1.807) is 0 Å². The third-order valence-electron chi connectivity index (χ3n) is 2.26. The van der Waals surface area contributed by atoms with Crippen LogP contribution in [0.5, 0.6) is 0 Å². The number of rotatable bonds is 2. The second-order valence-corrected chi connectivity index (χ2v) is 3.47. The zero-order chi connectivity index (χ0) is 12.0. The minimum absolute atomic E-state index is 0.419. The first-order chi connectivity index (χ1) is 7.43. The van der Waals surface area contributed by atoms with Gasteiger partial charge in [0.2, 0.25) is 12.1 Å². The molecule has 1 aliphatic carbocycles. The van der Waals surface area contributed by atoms with Crippen LogP contribution in [0.3, 0.4) is 0 Å². The van der Waals surface area contributed by atoms with Crippen molar-refractivity contribution in [3.63, 3.8) is 0 Å². The second kappa shape index (κ2) is 3.73. The summed E-state index contributed by atoms with van der Waals surface area (Å²) in [7, 11) is 0. The lowest BCUT2D eigenvalue weighted by Gasteiger charge is -2.19. The fourth-order valence-corrected chi connectivity index (χ4v) is 1.23. The number of hydrogen-bond donors (Lipinski definition) is 0. The van der Waals surface area contributed by atoms with Crippen molar-refractivity contribution >= 4 is 0 Å². The molecule has 0 radical (unpaired) electrons. The molecule has 2 rings (SSSR count). The van der Waals surface area contributed by atoms with Crippen LogP contribution in [0.15, 0.2) is 23.2 Å². The molecule has 0 aromatic rings. The van der Waals surface area contributed by atoms with Gasteiger partial charge in [-0.15, -0.1) is 0 Å². The monoisotopic (exact) mass is 242 g/mol. The summed E-state index contributed by atoms with van der Waals surface area (Å²) >= 11 is 0. The summed E-state index contributed by atoms with van der Waals surface area (Å²) in [5.41, 5.74) is 0. The summed E-state index contributed by atoms with van der Waals surface area (Å²) in [5, 5.41) is 0. The minimum atomic E-state index is -2.97. The van der Waals surface area contributed by atoms with Gasteiger partial charge in [-0.25, -0.2) is 17.6 Å². The fraction of sp³-hybridized carbons (Fsp3) is 0.556. The van der Waals surface area contributed by atoms with Crippen LogP contribution in [0.1, 0.15) is 6.92 Å². The van der Waals surface area contributed by atoms with Gasteiger partial charge in [-0.1, -0.05) is 0 Å². The Kier molecular flexibility index (Phi) is 2.65. The molecule has 1 heterocycles. The molecule has 7 heteroatoms. The van der Waals surface area contributed by atoms with E-state index in [4.69, 9.17) is 0 Å². The Bertz CT molecular complexity index is 378. The van der Waals surface area contributed by atoms with E-state index in [0.717, 1.165) is 0 Å². The predicted molar refractivity (Wildman–Crippen MR) is 42.6 cm³/mol. The number of allylic oxidation sites excluding steroid dienone is 3. The minimum Gasteiger partial charge on any atom is -0.456 e. The molecule has 2 nitrogen and oxygen atoms in total. The SMILES string of the molecule is CC1OC1OC1=C(F)C(F)C(F)C(F)=C1F. The van der Waals surface area contributed by atoms with Crippen LogP contribution in [-0.2, 0) is 9.47 Å². The van der Waals surface area contributed by atoms with Crippen LogP contribution < -0.4 is 0 Å². The molecule has 2 aliphatic rings. The van der Waals surface area contributed by atoms with E-state index in [2.05, 4.69) is 9.47 Å². The summed E-state index contributed by atoms with van der Waals surface area (Å²) in [4.78, 5) is 0. The van der Waals surface area contributed by atoms with Crippen molar-refractivity contribution in [1.82, 2.24) is 0 Å². The highest BCUT2D eigenvalue weighted by atomic mass is 19.2. The second-order valence-electron chi connectivity index (χ2n) is 3.47. The number of alkyl halides is 2. The fourth-order valence-electron chi connectivity index (χ4n) is 1.23. The number of ether oxygens (including phenoxy) is 2. The first-order valence-electron chi connectivity index (χ1n) is 4.49. The number of epoxide rings is 1. The van der Waals surface area contributed by atoms with Crippen molar-refractivity contribution in [2.45, 2.75) is 31.7 Å². The molecule has 4 unspecified atom stereocenters. The molecular formula is C9H7F5O2. The molecule has 0 spiro atoms. The van der Waals surface area contributed by atoms with Gasteiger partial charge in [-0.05, 0) is 6.92 Å². The maximum Gasteiger partial charge on any atom is 0.227 e. The predicted octanol–water partition coefficient (Wildman–Crippen LogP) is 2.77. The van der Waals surface area contributed by atoms with Crippen LogP contribution >= 0.6 is 0 Å². The van der Waals surface area contributed by atoms with Crippen LogP contribution in [0.25, 0.3) is 0 Å². The van der Waals surface area contributed by atoms with Gasteiger partial charge in [0.05, 0.1) is 0 Å². The molecule has 0 bridgehead atoms. The Morgan fingerprint density at radius 1 is 1.06 bits per heavy atom. The highest BCUT2D eigenvalue weighted by molar-refractivity contribution is 5.35. The highest BCUT2D eigenvalue weighted by Crippen LogP contribution is 2.39. The zero-order valence-electron chi connectivity index (χ0n) is 8.02. The van der Waals surface area contributed by atoms with Crippen LogP contribution in [0.4, 0.5) is 22.0 Å². The van der Waals surface area contributed by atoms with E-state index in [1.807, 2.05) is 0 Å². The topological polar surface area (TPSA) is 21.8 Å². The van der Waals surface area contributed by atoms with E-state index in [0.29, 0.717) is 0 Å². The smallest absolute Gasteiger partial charge is 0.227 e. The standard InChI is InChI=1S/C9H7F5O2/c1-2-9(15-2)16-8-6(13)4(11)3(10)5(12)7(8)14/h2-4,9H,1H3. The summed E-state index contributed by atoms with van der Waals surface area (Å²) in [6.45, 7) is 1.54. The first kappa shape index (κ1) is 11.4. The molecule has 1 aliphatic heterocycles.